The summed E-state index contributed by atoms with van der Waals surface area (Å²) < 4.78 is 1.08. The van der Waals surface area contributed by atoms with Crippen LogP contribution < -0.4 is 15.9 Å². The second kappa shape index (κ2) is 10.6. The van der Waals surface area contributed by atoms with E-state index < -0.39 is 5.97 Å². The molecule has 0 spiro atoms. The Bertz CT molecular complexity index is 1650. The first-order chi connectivity index (χ1) is 18.4. The number of pyridine rings is 1. The molecule has 5 rings (SSSR count). The molecule has 2 aromatic heterocycles. The minimum Gasteiger partial charge on any atom is -0.478 e. The van der Waals surface area contributed by atoms with E-state index >= 15 is 0 Å². The van der Waals surface area contributed by atoms with Crippen LogP contribution in [-0.2, 0) is 6.42 Å². The van der Waals surface area contributed by atoms with Crippen molar-refractivity contribution in [2.24, 2.45) is 10.9 Å². The molecular weight excluding hydrogens is 504 g/mol. The van der Waals surface area contributed by atoms with Gasteiger partial charge in [-0.2, -0.15) is 5.10 Å². The Balaban J connectivity index is 1.59. The zero-order valence-corrected chi connectivity index (χ0v) is 20.8. The molecule has 190 valence electrons. The number of anilines is 1. The van der Waals surface area contributed by atoms with Gasteiger partial charge in [0.05, 0.1) is 22.2 Å². The Labute approximate surface area is 222 Å². The third kappa shape index (κ3) is 5.14. The molecule has 0 fully saturated rings. The summed E-state index contributed by atoms with van der Waals surface area (Å²) in [5.41, 5.74) is 5.21. The third-order valence-electron chi connectivity index (χ3n) is 6.26. The van der Waals surface area contributed by atoms with Crippen molar-refractivity contribution in [3.63, 3.8) is 0 Å². The van der Waals surface area contributed by atoms with Crippen LogP contribution in [0.4, 0.5) is 5.69 Å². The van der Waals surface area contributed by atoms with Gasteiger partial charge in [0.1, 0.15) is 18.1 Å². The molecule has 0 bridgehead atoms. The lowest BCUT2D eigenvalue weighted by Crippen LogP contribution is -2.37. The van der Waals surface area contributed by atoms with Gasteiger partial charge >= 0.3 is 5.97 Å². The first-order valence-corrected chi connectivity index (χ1v) is 12.1. The highest BCUT2D eigenvalue weighted by Crippen LogP contribution is 2.32. The number of aromatic nitrogens is 3. The Kier molecular flexibility index (Phi) is 6.92. The number of benzene rings is 3. The quantitative estimate of drug-likeness (QED) is 0.0490. The number of aromatic carboxylic acids is 1. The summed E-state index contributed by atoms with van der Waals surface area (Å²) >= 11 is 6.26. The number of halogens is 1. The zero-order valence-electron chi connectivity index (χ0n) is 20.0. The second-order valence-electron chi connectivity index (χ2n) is 8.70. The fourth-order valence-corrected chi connectivity index (χ4v) is 4.61. The predicted octanol–water partition coefficient (Wildman–Crippen LogP) is 4.79. The highest BCUT2D eigenvalue weighted by Gasteiger charge is 2.29. The lowest BCUT2D eigenvalue weighted by atomic mass is 9.94. The van der Waals surface area contributed by atoms with Crippen LogP contribution in [0.3, 0.4) is 0 Å². The van der Waals surface area contributed by atoms with E-state index in [0.29, 0.717) is 45.2 Å². The van der Waals surface area contributed by atoms with Crippen molar-refractivity contribution in [3.05, 3.63) is 113 Å². The Morgan fingerprint density at radius 2 is 1.95 bits per heavy atom. The van der Waals surface area contributed by atoms with Crippen LogP contribution in [-0.4, -0.2) is 32.6 Å². The van der Waals surface area contributed by atoms with Gasteiger partial charge in [0.15, 0.2) is 0 Å². The smallest absolute Gasteiger partial charge is 0.335 e. The molecule has 1 unspecified atom stereocenters. The summed E-state index contributed by atoms with van der Waals surface area (Å²) in [6.07, 6.45) is 3.51. The number of imidazole rings is 1. The van der Waals surface area contributed by atoms with E-state index in [1.165, 1.54) is 18.5 Å². The lowest BCUT2D eigenvalue weighted by molar-refractivity contribution is -0.909. The SMILES string of the molecule is N/N=C\Nc1ccc(Cl)cc1-c1ccc(C(Cc2ccccc2)c2nc3cc(C(=O)O)ccc3[nH]2)[n+](O)c1. The summed E-state index contributed by atoms with van der Waals surface area (Å²) in [5, 5.41) is 27.6. The molecule has 0 aliphatic heterocycles. The van der Waals surface area contributed by atoms with Crippen molar-refractivity contribution < 1.29 is 19.8 Å². The Hall–Kier alpha value is -4.89. The molecule has 2 heterocycles. The summed E-state index contributed by atoms with van der Waals surface area (Å²) in [4.78, 5) is 19.5. The molecule has 9 nitrogen and oxygen atoms in total. The van der Waals surface area contributed by atoms with Gasteiger partial charge in [0, 0.05) is 27.1 Å². The van der Waals surface area contributed by atoms with Crippen molar-refractivity contribution in [2.45, 2.75) is 12.3 Å². The third-order valence-corrected chi connectivity index (χ3v) is 6.50. The molecule has 0 aliphatic carbocycles. The number of hydrazone groups is 1. The van der Waals surface area contributed by atoms with Gasteiger partial charge in [0.25, 0.3) is 0 Å². The average molecular weight is 528 g/mol. The van der Waals surface area contributed by atoms with E-state index in [0.717, 1.165) is 15.9 Å². The number of rotatable bonds is 8. The Morgan fingerprint density at radius 1 is 1.13 bits per heavy atom. The monoisotopic (exact) mass is 527 g/mol. The topological polar surface area (TPSA) is 140 Å². The van der Waals surface area contributed by atoms with Gasteiger partial charge in [-0.3, -0.25) is 5.21 Å². The predicted molar refractivity (Wildman–Crippen MR) is 146 cm³/mol. The first-order valence-electron chi connectivity index (χ1n) is 11.7. The van der Waals surface area contributed by atoms with E-state index in [-0.39, 0.29) is 11.5 Å². The van der Waals surface area contributed by atoms with Gasteiger partial charge < -0.3 is 21.2 Å². The number of hydrogen-bond acceptors (Lipinski definition) is 5. The summed E-state index contributed by atoms with van der Waals surface area (Å²) in [7, 11) is 0. The maximum absolute atomic E-state index is 11.4. The number of aromatic amines is 1. The van der Waals surface area contributed by atoms with Gasteiger partial charge in [0.2, 0.25) is 11.9 Å². The normalized spacial score (nSPS) is 12.1. The number of carbonyl (C=O) groups is 1. The van der Waals surface area contributed by atoms with Crippen LogP contribution in [0.2, 0.25) is 5.02 Å². The number of carboxylic acid groups (broad SMARTS) is 1. The lowest BCUT2D eigenvalue weighted by Gasteiger charge is -2.13. The highest BCUT2D eigenvalue weighted by atomic mass is 35.5. The molecule has 0 radical (unpaired) electrons. The number of H-pyrrole nitrogens is 1. The molecular formula is C28H24ClN6O3+. The second-order valence-corrected chi connectivity index (χ2v) is 9.14. The molecule has 3 aromatic carbocycles. The molecule has 38 heavy (non-hydrogen) atoms. The van der Waals surface area contributed by atoms with E-state index in [1.54, 1.807) is 30.5 Å². The van der Waals surface area contributed by atoms with E-state index in [2.05, 4.69) is 15.4 Å². The minimum atomic E-state index is -1.02. The van der Waals surface area contributed by atoms with E-state index in [4.69, 9.17) is 22.4 Å². The van der Waals surface area contributed by atoms with Gasteiger partial charge in [-0.1, -0.05) is 41.9 Å². The van der Waals surface area contributed by atoms with E-state index in [1.807, 2.05) is 42.5 Å². The molecule has 0 saturated heterocycles. The largest absolute Gasteiger partial charge is 0.478 e. The summed E-state index contributed by atoms with van der Waals surface area (Å²) in [6.45, 7) is 0. The highest BCUT2D eigenvalue weighted by molar-refractivity contribution is 6.31. The molecule has 0 aliphatic rings. The number of nitrogens with zero attached hydrogens (tertiary/aromatic N) is 3. The van der Waals surface area contributed by atoms with Crippen molar-refractivity contribution >= 4 is 40.6 Å². The van der Waals surface area contributed by atoms with Crippen LogP contribution in [0.5, 0.6) is 0 Å². The maximum atomic E-state index is 11.4. The number of hydrogen-bond donors (Lipinski definition) is 5. The molecule has 10 heteroatoms. The summed E-state index contributed by atoms with van der Waals surface area (Å²) in [6, 6.07) is 23.7. The van der Waals surface area contributed by atoms with Crippen molar-refractivity contribution in [3.8, 4) is 11.1 Å². The van der Waals surface area contributed by atoms with E-state index in [9.17, 15) is 15.1 Å². The first kappa shape index (κ1) is 24.8. The molecule has 0 saturated carbocycles. The fraction of sp³-hybridized carbons (Fsp3) is 0.0714. The van der Waals surface area contributed by atoms with Crippen LogP contribution in [0, 0.1) is 0 Å². The number of fused-ring (bicyclic) bond motifs is 1. The fourth-order valence-electron chi connectivity index (χ4n) is 4.44. The Morgan fingerprint density at radius 3 is 2.68 bits per heavy atom. The van der Waals surface area contributed by atoms with Gasteiger partial charge in [-0.25, -0.2) is 9.78 Å². The number of nitrogens with two attached hydrogens (primary N) is 1. The minimum absolute atomic E-state index is 0.155. The number of nitrogens with one attached hydrogen (secondary N) is 2. The van der Waals surface area contributed by atoms with Crippen LogP contribution in [0.15, 0.2) is 90.2 Å². The molecule has 5 aromatic rings. The average Bonchev–Trinajstić information content (AvgIpc) is 3.35. The van der Waals surface area contributed by atoms with Crippen LogP contribution in [0.25, 0.3) is 22.2 Å². The van der Waals surface area contributed by atoms with Crippen LogP contribution in [0.1, 0.15) is 33.4 Å². The van der Waals surface area contributed by atoms with Crippen molar-refractivity contribution in [1.82, 2.24) is 9.97 Å². The standard InChI is InChI=1S/C28H23ClN6O3/c29-20-8-10-23(31-16-32-30)21(14-20)19-7-11-26(35(38)15-19)22(12-17-4-2-1-3-5-17)27-33-24-9-6-18(28(36)37)13-25(24)34-27/h1-11,13-16,22H,12,30H2,(H3-,31,32,33,34,36,37,38)/p+1. The van der Waals surface area contributed by atoms with Gasteiger partial charge in [-0.15, -0.1) is 0 Å². The van der Waals surface area contributed by atoms with Gasteiger partial charge in [-0.05, 0) is 54.4 Å². The zero-order chi connectivity index (χ0) is 26.6. The maximum Gasteiger partial charge on any atom is 0.335 e. The van der Waals surface area contributed by atoms with Crippen LogP contribution >= 0.6 is 11.6 Å². The van der Waals surface area contributed by atoms with Crippen molar-refractivity contribution in [2.75, 3.05) is 5.32 Å². The molecule has 6 N–H and O–H groups in total. The molecule has 0 amide bonds. The molecule has 1 atom stereocenters. The number of carboxylic acids is 1. The summed E-state index contributed by atoms with van der Waals surface area (Å²) in [5.74, 6) is 4.46. The van der Waals surface area contributed by atoms with Crippen molar-refractivity contribution in [1.29, 1.82) is 0 Å².